The number of aromatic nitrogens is 3. The van der Waals surface area contributed by atoms with Crippen LogP contribution in [0.3, 0.4) is 0 Å². The number of anilines is 1. The maximum Gasteiger partial charge on any atom is 0.276 e. The van der Waals surface area contributed by atoms with Crippen LogP contribution in [-0.2, 0) is 6.61 Å². The molecule has 0 saturated carbocycles. The van der Waals surface area contributed by atoms with Gasteiger partial charge in [0.1, 0.15) is 18.0 Å². The van der Waals surface area contributed by atoms with Gasteiger partial charge >= 0.3 is 0 Å². The van der Waals surface area contributed by atoms with Gasteiger partial charge in [0.05, 0.1) is 14.2 Å². The molecule has 4 rings (SSSR count). The fourth-order valence-electron chi connectivity index (χ4n) is 3.26. The zero-order valence-corrected chi connectivity index (χ0v) is 18.6. The molecule has 8 nitrogen and oxygen atoms in total. The number of carbonyl (C=O) groups is 1. The monoisotopic (exact) mass is 444 g/mol. The summed E-state index contributed by atoms with van der Waals surface area (Å²) in [5.74, 6) is 1.41. The minimum Gasteiger partial charge on any atom is -0.494 e. The third-order valence-electron chi connectivity index (χ3n) is 4.97. The number of nitrogens with zero attached hydrogens (tertiary/aromatic N) is 3. The molecule has 0 unspecified atom stereocenters. The second-order valence-electron chi connectivity index (χ2n) is 7.28. The molecule has 0 saturated heterocycles. The summed E-state index contributed by atoms with van der Waals surface area (Å²) in [5, 5.41) is 7.28. The van der Waals surface area contributed by atoms with Gasteiger partial charge in [0.15, 0.2) is 17.2 Å². The number of carbonyl (C=O) groups excluding carboxylic acids is 1. The number of aryl methyl sites for hydroxylation is 1. The number of ether oxygens (including phenoxy) is 3. The van der Waals surface area contributed by atoms with Crippen molar-refractivity contribution in [2.24, 2.45) is 0 Å². The van der Waals surface area contributed by atoms with Crippen LogP contribution in [0.25, 0.3) is 5.69 Å². The molecule has 168 valence electrons. The van der Waals surface area contributed by atoms with E-state index in [9.17, 15) is 4.79 Å². The fraction of sp³-hybridized carbons (Fsp3) is 0.160. The molecule has 0 aliphatic heterocycles. The standard InChI is InChI=1S/C25H24N4O4/c1-17-4-6-22(31-2)21(14-17)29-13-10-20(28-29)25(30)27-19-5-7-23(32-3)24(15-19)33-16-18-8-11-26-12-9-18/h4-15H,16H2,1-3H3,(H,27,30). The lowest BCUT2D eigenvalue weighted by Gasteiger charge is -2.13. The van der Waals surface area contributed by atoms with Crippen LogP contribution in [0.15, 0.2) is 73.2 Å². The summed E-state index contributed by atoms with van der Waals surface area (Å²) in [4.78, 5) is 16.8. The summed E-state index contributed by atoms with van der Waals surface area (Å²) < 4.78 is 18.3. The summed E-state index contributed by atoms with van der Waals surface area (Å²) in [6.45, 7) is 2.33. The van der Waals surface area contributed by atoms with Crippen LogP contribution in [0, 0.1) is 6.92 Å². The molecule has 2 aromatic carbocycles. The minimum absolute atomic E-state index is 0.272. The highest BCUT2D eigenvalue weighted by molar-refractivity contribution is 6.03. The van der Waals surface area contributed by atoms with E-state index in [4.69, 9.17) is 14.2 Å². The summed E-state index contributed by atoms with van der Waals surface area (Å²) >= 11 is 0. The predicted octanol–water partition coefficient (Wildman–Crippen LogP) is 4.42. The lowest BCUT2D eigenvalue weighted by Crippen LogP contribution is -2.13. The summed E-state index contributed by atoms with van der Waals surface area (Å²) in [6, 6.07) is 16.4. The van der Waals surface area contributed by atoms with Crippen LogP contribution >= 0.6 is 0 Å². The molecule has 1 N–H and O–H groups in total. The van der Waals surface area contributed by atoms with E-state index in [0.717, 1.165) is 16.8 Å². The van der Waals surface area contributed by atoms with Gasteiger partial charge in [-0.25, -0.2) is 4.68 Å². The van der Waals surface area contributed by atoms with Crippen LogP contribution in [0.1, 0.15) is 21.6 Å². The quantitative estimate of drug-likeness (QED) is 0.433. The fourth-order valence-corrected chi connectivity index (χ4v) is 3.26. The van der Waals surface area contributed by atoms with Gasteiger partial charge in [0.2, 0.25) is 0 Å². The number of hydrogen-bond donors (Lipinski definition) is 1. The Bertz CT molecular complexity index is 1250. The van der Waals surface area contributed by atoms with Crippen molar-refractivity contribution in [1.29, 1.82) is 0 Å². The van der Waals surface area contributed by atoms with Gasteiger partial charge in [0.25, 0.3) is 5.91 Å². The van der Waals surface area contributed by atoms with E-state index in [1.54, 1.807) is 61.8 Å². The molecule has 0 aliphatic carbocycles. The Balaban J connectivity index is 1.50. The van der Waals surface area contributed by atoms with Crippen LogP contribution < -0.4 is 19.5 Å². The van der Waals surface area contributed by atoms with Gasteiger partial charge in [-0.05, 0) is 60.5 Å². The second kappa shape index (κ2) is 9.86. The average Bonchev–Trinajstić information content (AvgIpc) is 3.34. The molecular formula is C25H24N4O4. The van der Waals surface area contributed by atoms with Crippen molar-refractivity contribution in [1.82, 2.24) is 14.8 Å². The molecule has 0 fully saturated rings. The zero-order valence-electron chi connectivity index (χ0n) is 18.6. The maximum absolute atomic E-state index is 12.8. The third kappa shape index (κ3) is 5.12. The zero-order chi connectivity index (χ0) is 23.2. The molecule has 0 radical (unpaired) electrons. The van der Waals surface area contributed by atoms with Crippen molar-refractivity contribution in [3.8, 4) is 22.9 Å². The Kier molecular flexibility index (Phi) is 6.54. The highest BCUT2D eigenvalue weighted by Crippen LogP contribution is 2.31. The first-order chi connectivity index (χ1) is 16.1. The molecule has 33 heavy (non-hydrogen) atoms. The van der Waals surface area contributed by atoms with Crippen molar-refractivity contribution >= 4 is 11.6 Å². The van der Waals surface area contributed by atoms with Gasteiger partial charge < -0.3 is 19.5 Å². The largest absolute Gasteiger partial charge is 0.494 e. The van der Waals surface area contributed by atoms with E-state index in [0.29, 0.717) is 29.5 Å². The topological polar surface area (TPSA) is 87.5 Å². The lowest BCUT2D eigenvalue weighted by atomic mass is 10.2. The first-order valence-electron chi connectivity index (χ1n) is 10.3. The molecule has 1 amide bonds. The molecule has 2 heterocycles. The molecule has 2 aromatic heterocycles. The van der Waals surface area contributed by atoms with Crippen molar-refractivity contribution in [3.05, 3.63) is 90.0 Å². The van der Waals surface area contributed by atoms with Crippen LogP contribution in [-0.4, -0.2) is 34.9 Å². The Morgan fingerprint density at radius 1 is 0.939 bits per heavy atom. The number of benzene rings is 2. The summed E-state index contributed by atoms with van der Waals surface area (Å²) in [7, 11) is 3.17. The van der Waals surface area contributed by atoms with Crippen molar-refractivity contribution in [2.75, 3.05) is 19.5 Å². The second-order valence-corrected chi connectivity index (χ2v) is 7.28. The van der Waals surface area contributed by atoms with E-state index in [-0.39, 0.29) is 11.6 Å². The van der Waals surface area contributed by atoms with Gasteiger partial charge in [-0.1, -0.05) is 6.07 Å². The van der Waals surface area contributed by atoms with Crippen LogP contribution in [0.2, 0.25) is 0 Å². The summed E-state index contributed by atoms with van der Waals surface area (Å²) in [5.41, 5.74) is 3.62. The molecular weight excluding hydrogens is 420 g/mol. The average molecular weight is 444 g/mol. The van der Waals surface area contributed by atoms with Crippen molar-refractivity contribution in [2.45, 2.75) is 13.5 Å². The Morgan fingerprint density at radius 2 is 1.70 bits per heavy atom. The molecule has 0 spiro atoms. The van der Waals surface area contributed by atoms with Crippen molar-refractivity contribution in [3.63, 3.8) is 0 Å². The van der Waals surface area contributed by atoms with Crippen LogP contribution in [0.4, 0.5) is 5.69 Å². The number of methoxy groups -OCH3 is 2. The number of rotatable bonds is 8. The Morgan fingerprint density at radius 3 is 2.45 bits per heavy atom. The maximum atomic E-state index is 12.8. The molecule has 4 aromatic rings. The number of amides is 1. The van der Waals surface area contributed by atoms with E-state index < -0.39 is 0 Å². The molecule has 0 bridgehead atoms. The SMILES string of the molecule is COc1ccc(NC(=O)c2ccn(-c3cc(C)ccc3OC)n2)cc1OCc1ccncc1. The van der Waals surface area contributed by atoms with E-state index in [2.05, 4.69) is 15.4 Å². The number of pyridine rings is 1. The molecule has 8 heteroatoms. The predicted molar refractivity (Wildman–Crippen MR) is 124 cm³/mol. The smallest absolute Gasteiger partial charge is 0.276 e. The third-order valence-corrected chi connectivity index (χ3v) is 4.97. The van der Waals surface area contributed by atoms with Gasteiger partial charge in [-0.15, -0.1) is 0 Å². The van der Waals surface area contributed by atoms with E-state index in [1.807, 2.05) is 37.3 Å². The van der Waals surface area contributed by atoms with Gasteiger partial charge in [0, 0.05) is 30.3 Å². The Labute approximate surface area is 191 Å². The number of hydrogen-bond acceptors (Lipinski definition) is 6. The van der Waals surface area contributed by atoms with Gasteiger partial charge in [-0.2, -0.15) is 5.10 Å². The molecule has 0 atom stereocenters. The first-order valence-corrected chi connectivity index (χ1v) is 10.3. The normalized spacial score (nSPS) is 10.5. The Hall–Kier alpha value is -4.33. The molecule has 0 aliphatic rings. The minimum atomic E-state index is -0.342. The lowest BCUT2D eigenvalue weighted by molar-refractivity contribution is 0.102. The summed E-state index contributed by atoms with van der Waals surface area (Å²) in [6.07, 6.45) is 5.14. The highest BCUT2D eigenvalue weighted by atomic mass is 16.5. The van der Waals surface area contributed by atoms with E-state index >= 15 is 0 Å². The van der Waals surface area contributed by atoms with E-state index in [1.165, 1.54) is 0 Å². The van der Waals surface area contributed by atoms with Crippen molar-refractivity contribution < 1.29 is 19.0 Å². The first kappa shape index (κ1) is 21.9. The number of nitrogens with one attached hydrogen (secondary N) is 1. The van der Waals surface area contributed by atoms with Crippen LogP contribution in [0.5, 0.6) is 17.2 Å². The van der Waals surface area contributed by atoms with Gasteiger partial charge in [-0.3, -0.25) is 9.78 Å². The highest BCUT2D eigenvalue weighted by Gasteiger charge is 2.14.